The number of amides is 1. The molecular formula is C20H25N3O. The Kier molecular flexibility index (Phi) is 5.36. The smallest absolute Gasteiger partial charge is 0.220 e. The number of piperidine rings is 1. The first-order valence-electron chi connectivity index (χ1n) is 8.65. The molecule has 1 aliphatic heterocycles. The Morgan fingerprint density at radius 1 is 1.04 bits per heavy atom. The Balaban J connectivity index is 1.43. The second-order valence-electron chi connectivity index (χ2n) is 6.36. The van der Waals surface area contributed by atoms with Gasteiger partial charge in [-0.25, -0.2) is 0 Å². The van der Waals surface area contributed by atoms with Gasteiger partial charge in [0, 0.05) is 36.9 Å². The molecule has 4 heteroatoms. The van der Waals surface area contributed by atoms with E-state index in [9.17, 15) is 4.79 Å². The summed E-state index contributed by atoms with van der Waals surface area (Å²) in [6.07, 6.45) is 3.18. The van der Waals surface area contributed by atoms with Crippen LogP contribution in [-0.2, 0) is 11.2 Å². The van der Waals surface area contributed by atoms with Crippen LogP contribution < -0.4 is 16.0 Å². The van der Waals surface area contributed by atoms with Crippen molar-refractivity contribution in [2.75, 3.05) is 23.7 Å². The number of para-hydroxylation sites is 2. The molecule has 1 amide bonds. The molecule has 1 heterocycles. The molecular weight excluding hydrogens is 298 g/mol. The monoisotopic (exact) mass is 323 g/mol. The lowest BCUT2D eigenvalue weighted by Gasteiger charge is -2.34. The average Bonchev–Trinajstić information content (AvgIpc) is 2.62. The number of anilines is 2. The van der Waals surface area contributed by atoms with Gasteiger partial charge in [0.2, 0.25) is 5.91 Å². The number of nitrogens with two attached hydrogens (primary N) is 1. The number of benzene rings is 2. The summed E-state index contributed by atoms with van der Waals surface area (Å²) in [5.74, 6) is 0.122. The quantitative estimate of drug-likeness (QED) is 0.832. The van der Waals surface area contributed by atoms with Gasteiger partial charge in [-0.3, -0.25) is 4.79 Å². The first kappa shape index (κ1) is 16.4. The number of carbonyl (C=O) groups is 1. The van der Waals surface area contributed by atoms with Gasteiger partial charge in [-0.05, 0) is 43.0 Å². The van der Waals surface area contributed by atoms with Gasteiger partial charge < -0.3 is 16.0 Å². The molecule has 4 nitrogen and oxygen atoms in total. The fraction of sp³-hybridized carbons (Fsp3) is 0.350. The third kappa shape index (κ3) is 4.28. The van der Waals surface area contributed by atoms with Gasteiger partial charge in [0.25, 0.3) is 0 Å². The van der Waals surface area contributed by atoms with Crippen LogP contribution in [0.4, 0.5) is 11.4 Å². The first-order chi connectivity index (χ1) is 11.7. The molecule has 1 saturated heterocycles. The topological polar surface area (TPSA) is 58.4 Å². The predicted octanol–water partition coefficient (Wildman–Crippen LogP) is 2.99. The lowest BCUT2D eigenvalue weighted by atomic mass is 10.0. The highest BCUT2D eigenvalue weighted by Crippen LogP contribution is 2.19. The Labute approximate surface area is 143 Å². The molecule has 0 saturated carbocycles. The maximum Gasteiger partial charge on any atom is 0.220 e. The third-order valence-electron chi connectivity index (χ3n) is 4.66. The van der Waals surface area contributed by atoms with Crippen LogP contribution in [0.5, 0.6) is 0 Å². The van der Waals surface area contributed by atoms with Crippen LogP contribution in [-0.4, -0.2) is 25.0 Å². The van der Waals surface area contributed by atoms with Crippen LogP contribution >= 0.6 is 0 Å². The molecule has 0 aliphatic carbocycles. The van der Waals surface area contributed by atoms with Crippen molar-refractivity contribution in [1.29, 1.82) is 0 Å². The number of hydrogen-bond donors (Lipinski definition) is 2. The minimum atomic E-state index is 0.122. The lowest BCUT2D eigenvalue weighted by Crippen LogP contribution is -2.44. The molecule has 1 fully saturated rings. The summed E-state index contributed by atoms with van der Waals surface area (Å²) in [6, 6.07) is 18.5. The zero-order chi connectivity index (χ0) is 16.8. The number of nitrogen functional groups attached to an aromatic ring is 1. The normalized spacial score (nSPS) is 15.2. The first-order valence-corrected chi connectivity index (χ1v) is 8.65. The van der Waals surface area contributed by atoms with Crippen molar-refractivity contribution in [3.63, 3.8) is 0 Å². The van der Waals surface area contributed by atoms with E-state index in [0.717, 1.165) is 37.2 Å². The highest BCUT2D eigenvalue weighted by atomic mass is 16.1. The molecule has 2 aromatic rings. The molecule has 24 heavy (non-hydrogen) atoms. The number of aryl methyl sites for hydroxylation is 1. The minimum Gasteiger partial charge on any atom is -0.399 e. The Hall–Kier alpha value is -2.49. The molecule has 0 aromatic heterocycles. The van der Waals surface area contributed by atoms with Gasteiger partial charge in [0.05, 0.1) is 0 Å². The van der Waals surface area contributed by atoms with Crippen LogP contribution in [0.1, 0.15) is 24.8 Å². The van der Waals surface area contributed by atoms with Crippen molar-refractivity contribution >= 4 is 17.3 Å². The number of carbonyl (C=O) groups excluding carboxylic acids is 1. The van der Waals surface area contributed by atoms with Gasteiger partial charge >= 0.3 is 0 Å². The molecule has 0 bridgehead atoms. The summed E-state index contributed by atoms with van der Waals surface area (Å²) in [5, 5.41) is 3.17. The van der Waals surface area contributed by atoms with Crippen molar-refractivity contribution in [3.05, 3.63) is 60.2 Å². The summed E-state index contributed by atoms with van der Waals surface area (Å²) in [7, 11) is 0. The van der Waals surface area contributed by atoms with Crippen molar-refractivity contribution in [2.45, 2.75) is 31.7 Å². The summed E-state index contributed by atoms with van der Waals surface area (Å²) >= 11 is 0. The standard InChI is InChI=1S/C20H25N3O/c21-19-9-5-4-6-16(19)10-11-20(24)22-17-12-14-23(15-13-17)18-7-2-1-3-8-18/h1-9,17H,10-15,21H2,(H,22,24). The number of rotatable bonds is 5. The second-order valence-corrected chi connectivity index (χ2v) is 6.36. The molecule has 3 N–H and O–H groups in total. The summed E-state index contributed by atoms with van der Waals surface area (Å²) in [4.78, 5) is 14.6. The van der Waals surface area contributed by atoms with Crippen molar-refractivity contribution < 1.29 is 4.79 Å². The number of hydrogen-bond acceptors (Lipinski definition) is 3. The van der Waals surface area contributed by atoms with Crippen molar-refractivity contribution in [3.8, 4) is 0 Å². The van der Waals surface area contributed by atoms with Gasteiger partial charge in [0.1, 0.15) is 0 Å². The molecule has 0 spiro atoms. The van der Waals surface area contributed by atoms with Gasteiger partial charge in [-0.2, -0.15) is 0 Å². The van der Waals surface area contributed by atoms with Crippen LogP contribution in [0.15, 0.2) is 54.6 Å². The van der Waals surface area contributed by atoms with E-state index in [2.05, 4.69) is 34.5 Å². The van der Waals surface area contributed by atoms with Crippen molar-refractivity contribution in [1.82, 2.24) is 5.32 Å². The number of nitrogens with one attached hydrogen (secondary N) is 1. The second kappa shape index (κ2) is 7.86. The molecule has 3 rings (SSSR count). The fourth-order valence-corrected chi connectivity index (χ4v) is 3.23. The van der Waals surface area contributed by atoms with Gasteiger partial charge in [0.15, 0.2) is 0 Å². The Bertz CT molecular complexity index is 664. The highest BCUT2D eigenvalue weighted by Gasteiger charge is 2.20. The largest absolute Gasteiger partial charge is 0.399 e. The van der Waals surface area contributed by atoms with E-state index in [0.29, 0.717) is 12.8 Å². The average molecular weight is 323 g/mol. The minimum absolute atomic E-state index is 0.122. The van der Waals surface area contributed by atoms with E-state index in [4.69, 9.17) is 5.73 Å². The van der Waals surface area contributed by atoms with E-state index < -0.39 is 0 Å². The van der Waals surface area contributed by atoms with E-state index in [1.807, 2.05) is 30.3 Å². The molecule has 2 aromatic carbocycles. The summed E-state index contributed by atoms with van der Waals surface area (Å²) in [6.45, 7) is 1.97. The lowest BCUT2D eigenvalue weighted by molar-refractivity contribution is -0.121. The zero-order valence-corrected chi connectivity index (χ0v) is 13.9. The van der Waals surface area contributed by atoms with Gasteiger partial charge in [-0.15, -0.1) is 0 Å². The van der Waals surface area contributed by atoms with E-state index >= 15 is 0 Å². The van der Waals surface area contributed by atoms with Crippen LogP contribution in [0.2, 0.25) is 0 Å². The molecule has 0 unspecified atom stereocenters. The van der Waals surface area contributed by atoms with Crippen LogP contribution in [0, 0.1) is 0 Å². The molecule has 126 valence electrons. The predicted molar refractivity (Wildman–Crippen MR) is 99.0 cm³/mol. The molecule has 0 radical (unpaired) electrons. The zero-order valence-electron chi connectivity index (χ0n) is 13.9. The molecule has 0 atom stereocenters. The Morgan fingerprint density at radius 3 is 2.42 bits per heavy atom. The summed E-state index contributed by atoms with van der Waals surface area (Å²) in [5.41, 5.74) is 9.00. The van der Waals surface area contributed by atoms with Gasteiger partial charge in [-0.1, -0.05) is 36.4 Å². The maximum atomic E-state index is 12.2. The van der Waals surface area contributed by atoms with Crippen LogP contribution in [0.25, 0.3) is 0 Å². The highest BCUT2D eigenvalue weighted by molar-refractivity contribution is 5.76. The van der Waals surface area contributed by atoms with E-state index in [1.54, 1.807) is 0 Å². The van der Waals surface area contributed by atoms with Crippen molar-refractivity contribution in [2.24, 2.45) is 0 Å². The summed E-state index contributed by atoms with van der Waals surface area (Å²) < 4.78 is 0. The van der Waals surface area contributed by atoms with E-state index in [1.165, 1.54) is 5.69 Å². The number of nitrogens with zero attached hydrogens (tertiary/aromatic N) is 1. The maximum absolute atomic E-state index is 12.2. The van der Waals surface area contributed by atoms with Crippen LogP contribution in [0.3, 0.4) is 0 Å². The Morgan fingerprint density at radius 2 is 1.71 bits per heavy atom. The SMILES string of the molecule is Nc1ccccc1CCC(=O)NC1CCN(c2ccccc2)CC1. The van der Waals surface area contributed by atoms with E-state index in [-0.39, 0.29) is 11.9 Å². The molecule has 1 aliphatic rings. The fourth-order valence-electron chi connectivity index (χ4n) is 3.23. The third-order valence-corrected chi connectivity index (χ3v) is 4.66.